The number of likely N-dealkylation sites (tertiary alicyclic amines) is 1. The molecule has 1 unspecified atom stereocenters. The highest BCUT2D eigenvalue weighted by molar-refractivity contribution is 5.99. The van der Waals surface area contributed by atoms with Crippen LogP contribution in [-0.2, 0) is 9.53 Å². The third kappa shape index (κ3) is 2.08. The van der Waals surface area contributed by atoms with E-state index in [1.165, 1.54) is 15.8 Å². The molecule has 4 rings (SSSR count). The van der Waals surface area contributed by atoms with Gasteiger partial charge in [0.1, 0.15) is 5.54 Å². The Morgan fingerprint density at radius 2 is 2.04 bits per heavy atom. The van der Waals surface area contributed by atoms with Crippen molar-refractivity contribution < 1.29 is 19.4 Å². The van der Waals surface area contributed by atoms with E-state index in [1.807, 2.05) is 30.3 Å². The quantitative estimate of drug-likeness (QED) is 0.845. The van der Waals surface area contributed by atoms with E-state index in [-0.39, 0.29) is 17.4 Å². The SMILES string of the molecule is O=C(c1nn(-c2ccccc2)cc1O)N1CCCC12CCOC2=O. The van der Waals surface area contributed by atoms with Crippen molar-refractivity contribution in [3.63, 3.8) is 0 Å². The van der Waals surface area contributed by atoms with Crippen LogP contribution >= 0.6 is 0 Å². The minimum absolute atomic E-state index is 0.0418. The van der Waals surface area contributed by atoms with Crippen LogP contribution in [0.5, 0.6) is 5.75 Å². The van der Waals surface area contributed by atoms with Crippen molar-refractivity contribution in [3.05, 3.63) is 42.2 Å². The van der Waals surface area contributed by atoms with Gasteiger partial charge in [-0.2, -0.15) is 5.10 Å². The lowest BCUT2D eigenvalue weighted by Gasteiger charge is -2.30. The molecule has 1 aromatic carbocycles. The molecule has 2 aromatic rings. The van der Waals surface area contributed by atoms with Gasteiger partial charge in [0.25, 0.3) is 5.91 Å². The number of hydrogen-bond donors (Lipinski definition) is 1. The monoisotopic (exact) mass is 327 g/mol. The first kappa shape index (κ1) is 14.7. The van der Waals surface area contributed by atoms with Crippen LogP contribution in [0.3, 0.4) is 0 Å². The van der Waals surface area contributed by atoms with Crippen LogP contribution < -0.4 is 0 Å². The van der Waals surface area contributed by atoms with E-state index < -0.39 is 11.4 Å². The Bertz CT molecular complexity index is 797. The predicted octanol–water partition coefficient (Wildman–Crippen LogP) is 1.50. The lowest BCUT2D eigenvalue weighted by atomic mass is 9.94. The molecule has 3 heterocycles. The molecule has 2 aliphatic heterocycles. The molecule has 1 spiro atoms. The molecule has 124 valence electrons. The summed E-state index contributed by atoms with van der Waals surface area (Å²) in [6.07, 6.45) is 3.23. The highest BCUT2D eigenvalue weighted by Crippen LogP contribution is 2.39. The Morgan fingerprint density at radius 1 is 1.25 bits per heavy atom. The minimum atomic E-state index is -0.889. The summed E-state index contributed by atoms with van der Waals surface area (Å²) in [4.78, 5) is 26.6. The average molecular weight is 327 g/mol. The van der Waals surface area contributed by atoms with Crippen LogP contribution in [0.25, 0.3) is 5.69 Å². The Balaban J connectivity index is 1.68. The number of cyclic esters (lactones) is 1. The van der Waals surface area contributed by atoms with Crippen LogP contribution in [0.2, 0.25) is 0 Å². The van der Waals surface area contributed by atoms with Crippen molar-refractivity contribution in [2.75, 3.05) is 13.2 Å². The first-order chi connectivity index (χ1) is 11.6. The summed E-state index contributed by atoms with van der Waals surface area (Å²) in [5.74, 6) is -0.980. The Morgan fingerprint density at radius 3 is 2.75 bits per heavy atom. The molecule has 1 aromatic heterocycles. The Hall–Kier alpha value is -2.83. The maximum Gasteiger partial charge on any atom is 0.332 e. The average Bonchev–Trinajstić information content (AvgIpc) is 3.29. The minimum Gasteiger partial charge on any atom is -0.504 e. The number of benzene rings is 1. The molecule has 1 N–H and O–H groups in total. The van der Waals surface area contributed by atoms with Gasteiger partial charge in [-0.25, -0.2) is 9.48 Å². The van der Waals surface area contributed by atoms with Crippen LogP contribution in [0.15, 0.2) is 36.5 Å². The van der Waals surface area contributed by atoms with Crippen molar-refractivity contribution in [1.82, 2.24) is 14.7 Å². The van der Waals surface area contributed by atoms with Crippen LogP contribution in [0.1, 0.15) is 29.8 Å². The first-order valence-corrected chi connectivity index (χ1v) is 7.95. The molecule has 1 atom stereocenters. The molecule has 7 nitrogen and oxygen atoms in total. The van der Waals surface area contributed by atoms with Gasteiger partial charge in [0, 0.05) is 13.0 Å². The van der Waals surface area contributed by atoms with Crippen molar-refractivity contribution in [2.45, 2.75) is 24.8 Å². The van der Waals surface area contributed by atoms with Gasteiger partial charge in [-0.3, -0.25) is 4.79 Å². The van der Waals surface area contributed by atoms with E-state index in [2.05, 4.69) is 5.10 Å². The molecule has 2 aliphatic rings. The fourth-order valence-electron chi connectivity index (χ4n) is 3.55. The molecule has 0 radical (unpaired) electrons. The molecular weight excluding hydrogens is 310 g/mol. The zero-order valence-electron chi connectivity index (χ0n) is 13.0. The molecule has 2 fully saturated rings. The van der Waals surface area contributed by atoms with E-state index in [1.54, 1.807) is 0 Å². The molecule has 24 heavy (non-hydrogen) atoms. The lowest BCUT2D eigenvalue weighted by Crippen LogP contribution is -2.50. The summed E-state index contributed by atoms with van der Waals surface area (Å²) in [5, 5.41) is 14.4. The first-order valence-electron chi connectivity index (χ1n) is 7.95. The summed E-state index contributed by atoms with van der Waals surface area (Å²) in [7, 11) is 0. The number of rotatable bonds is 2. The second-order valence-electron chi connectivity index (χ2n) is 6.12. The summed E-state index contributed by atoms with van der Waals surface area (Å²) in [6.45, 7) is 0.790. The van der Waals surface area contributed by atoms with E-state index >= 15 is 0 Å². The zero-order chi connectivity index (χ0) is 16.7. The molecule has 7 heteroatoms. The summed E-state index contributed by atoms with van der Waals surface area (Å²) < 4.78 is 6.55. The van der Waals surface area contributed by atoms with Gasteiger partial charge >= 0.3 is 5.97 Å². The lowest BCUT2D eigenvalue weighted by molar-refractivity contribution is -0.145. The van der Waals surface area contributed by atoms with E-state index in [4.69, 9.17) is 4.74 Å². The van der Waals surface area contributed by atoms with Gasteiger partial charge < -0.3 is 14.7 Å². The Labute approximate surface area is 138 Å². The van der Waals surface area contributed by atoms with Crippen molar-refractivity contribution in [2.24, 2.45) is 0 Å². The number of carbonyl (C=O) groups is 2. The maximum atomic E-state index is 12.9. The summed E-state index contributed by atoms with van der Waals surface area (Å²) in [6, 6.07) is 9.22. The van der Waals surface area contributed by atoms with Gasteiger partial charge in [0.05, 0.1) is 18.5 Å². The maximum absolute atomic E-state index is 12.9. The third-order valence-corrected chi connectivity index (χ3v) is 4.78. The largest absolute Gasteiger partial charge is 0.504 e. The zero-order valence-corrected chi connectivity index (χ0v) is 13.0. The van der Waals surface area contributed by atoms with Crippen LogP contribution in [0, 0.1) is 0 Å². The smallest absolute Gasteiger partial charge is 0.332 e. The summed E-state index contributed by atoms with van der Waals surface area (Å²) >= 11 is 0. The van der Waals surface area contributed by atoms with Gasteiger partial charge in [0.15, 0.2) is 11.4 Å². The predicted molar refractivity (Wildman–Crippen MR) is 83.8 cm³/mol. The van der Waals surface area contributed by atoms with Crippen molar-refractivity contribution in [3.8, 4) is 11.4 Å². The number of hydrogen-bond acceptors (Lipinski definition) is 5. The number of amides is 1. The number of carbonyl (C=O) groups excluding carboxylic acids is 2. The van der Waals surface area contributed by atoms with Gasteiger partial charge in [-0.05, 0) is 25.0 Å². The van der Waals surface area contributed by atoms with E-state index in [0.717, 1.165) is 12.1 Å². The number of ether oxygens (including phenoxy) is 1. The number of para-hydroxylation sites is 1. The number of nitrogens with zero attached hydrogens (tertiary/aromatic N) is 3. The van der Waals surface area contributed by atoms with Crippen LogP contribution in [0.4, 0.5) is 0 Å². The fraction of sp³-hybridized carbons (Fsp3) is 0.353. The second-order valence-corrected chi connectivity index (χ2v) is 6.12. The van der Waals surface area contributed by atoms with Gasteiger partial charge in [0.2, 0.25) is 0 Å². The molecule has 1 amide bonds. The second kappa shape index (κ2) is 5.36. The molecule has 0 aliphatic carbocycles. The van der Waals surface area contributed by atoms with E-state index in [0.29, 0.717) is 26.0 Å². The number of esters is 1. The molecule has 2 saturated heterocycles. The fourth-order valence-corrected chi connectivity index (χ4v) is 3.55. The molecular formula is C17H17N3O4. The van der Waals surface area contributed by atoms with E-state index in [9.17, 15) is 14.7 Å². The summed E-state index contributed by atoms with van der Waals surface area (Å²) in [5.41, 5.74) is -0.192. The molecule has 0 bridgehead atoms. The third-order valence-electron chi connectivity index (χ3n) is 4.78. The van der Waals surface area contributed by atoms with Gasteiger partial charge in [-0.1, -0.05) is 18.2 Å². The van der Waals surface area contributed by atoms with Crippen molar-refractivity contribution >= 4 is 11.9 Å². The Kier molecular flexibility index (Phi) is 3.30. The van der Waals surface area contributed by atoms with Gasteiger partial charge in [-0.15, -0.1) is 0 Å². The highest BCUT2D eigenvalue weighted by atomic mass is 16.5. The number of aromatic nitrogens is 2. The van der Waals surface area contributed by atoms with Crippen molar-refractivity contribution in [1.29, 1.82) is 0 Å². The topological polar surface area (TPSA) is 84.7 Å². The molecule has 0 saturated carbocycles. The highest BCUT2D eigenvalue weighted by Gasteiger charge is 2.54. The number of aromatic hydroxyl groups is 1. The standard InChI is InChI=1S/C17H17N3O4/c21-13-11-20(12-5-2-1-3-6-12)18-14(13)15(22)19-9-4-7-17(19)8-10-24-16(17)23/h1-3,5-6,11,21H,4,7-10H2. The normalized spacial score (nSPS) is 23.0. The van der Waals surface area contributed by atoms with Crippen LogP contribution in [-0.4, -0.2) is 50.4 Å².